The Morgan fingerprint density at radius 3 is 1.78 bits per heavy atom. The summed E-state index contributed by atoms with van der Waals surface area (Å²) in [4.78, 5) is 4.45. The van der Waals surface area contributed by atoms with Gasteiger partial charge >= 0.3 is 0 Å². The first kappa shape index (κ1) is 16.1. The van der Waals surface area contributed by atoms with Gasteiger partial charge in [0.15, 0.2) is 0 Å². The van der Waals surface area contributed by atoms with E-state index in [1.54, 1.807) is 0 Å². The van der Waals surface area contributed by atoms with Gasteiger partial charge in [-0.05, 0) is 29.9 Å². The molecule has 1 aliphatic rings. The second-order valence-electron chi connectivity index (χ2n) is 3.11. The number of rotatable bonds is 1. The Morgan fingerprint density at radius 1 is 0.778 bits per heavy atom. The summed E-state index contributed by atoms with van der Waals surface area (Å²) in [5.41, 5.74) is 2.95. The molecule has 0 saturated carbocycles. The lowest BCUT2D eigenvalue weighted by Gasteiger charge is -2.00. The number of nitrogens with zero attached hydrogens (tertiary/aromatic N) is 1. The van der Waals surface area contributed by atoms with Crippen LogP contribution in [0.25, 0.3) is 0 Å². The first-order valence-electron chi connectivity index (χ1n) is 6.53. The molecule has 0 aromatic heterocycles. The molecule has 96 valence electrons. The Hall–Kier alpha value is -1.89. The van der Waals surface area contributed by atoms with Gasteiger partial charge < -0.3 is 0 Å². The fraction of sp³-hybridized carbons (Fsp3) is 0.235. The monoisotopic (exact) mass is 241 g/mol. The van der Waals surface area contributed by atoms with Crippen molar-refractivity contribution in [2.75, 3.05) is 0 Å². The first-order valence-corrected chi connectivity index (χ1v) is 6.53. The van der Waals surface area contributed by atoms with Crippen LogP contribution in [0.1, 0.15) is 27.7 Å². The summed E-state index contributed by atoms with van der Waals surface area (Å²) < 4.78 is 0. The zero-order chi connectivity index (χ0) is 13.8. The minimum Gasteiger partial charge on any atom is -0.249 e. The smallest absolute Gasteiger partial charge is 0.0637 e. The third-order valence-electron chi connectivity index (χ3n) is 1.95. The van der Waals surface area contributed by atoms with Gasteiger partial charge in [0.2, 0.25) is 0 Å². The Labute approximate surface area is 111 Å². The lowest BCUT2D eigenvalue weighted by Crippen LogP contribution is -1.91. The van der Waals surface area contributed by atoms with Crippen molar-refractivity contribution in [3.8, 4) is 0 Å². The number of allylic oxidation sites excluding steroid dienone is 5. The Morgan fingerprint density at radius 2 is 1.28 bits per heavy atom. The van der Waals surface area contributed by atoms with Gasteiger partial charge in [-0.2, -0.15) is 0 Å². The van der Waals surface area contributed by atoms with E-state index in [4.69, 9.17) is 0 Å². The van der Waals surface area contributed by atoms with Gasteiger partial charge in [-0.15, -0.1) is 0 Å². The fourth-order valence-electron chi connectivity index (χ4n) is 1.22. The predicted molar refractivity (Wildman–Crippen MR) is 83.7 cm³/mol. The van der Waals surface area contributed by atoms with E-state index in [0.717, 1.165) is 17.0 Å². The summed E-state index contributed by atoms with van der Waals surface area (Å²) in [6.45, 7) is 11.8. The van der Waals surface area contributed by atoms with Crippen LogP contribution in [0.4, 0.5) is 5.69 Å². The zero-order valence-electron chi connectivity index (χ0n) is 11.9. The summed E-state index contributed by atoms with van der Waals surface area (Å²) in [6, 6.07) is 9.91. The van der Waals surface area contributed by atoms with Crippen LogP contribution in [-0.4, -0.2) is 5.71 Å². The summed E-state index contributed by atoms with van der Waals surface area (Å²) in [5, 5.41) is 0. The summed E-state index contributed by atoms with van der Waals surface area (Å²) in [5.74, 6) is 0. The van der Waals surface area contributed by atoms with E-state index in [0.29, 0.717) is 0 Å². The highest BCUT2D eigenvalue weighted by atomic mass is 14.7. The van der Waals surface area contributed by atoms with Crippen LogP contribution in [0.15, 0.2) is 71.8 Å². The van der Waals surface area contributed by atoms with Crippen LogP contribution in [0.5, 0.6) is 0 Å². The van der Waals surface area contributed by atoms with Crippen molar-refractivity contribution in [1.29, 1.82) is 0 Å². The number of para-hydroxylation sites is 1. The number of benzene rings is 1. The summed E-state index contributed by atoms with van der Waals surface area (Å²) >= 11 is 0. The maximum atomic E-state index is 4.45. The van der Waals surface area contributed by atoms with E-state index in [2.05, 4.69) is 11.6 Å². The van der Waals surface area contributed by atoms with Gasteiger partial charge in [-0.3, -0.25) is 0 Å². The molecular formula is C17H23N. The highest BCUT2D eigenvalue weighted by Gasteiger charge is 1.95. The van der Waals surface area contributed by atoms with E-state index < -0.39 is 0 Å². The molecule has 0 bridgehead atoms. The van der Waals surface area contributed by atoms with Crippen molar-refractivity contribution >= 4 is 11.4 Å². The number of hydrogen-bond donors (Lipinski definition) is 0. The van der Waals surface area contributed by atoms with E-state index in [-0.39, 0.29) is 0 Å². The van der Waals surface area contributed by atoms with Crippen molar-refractivity contribution in [3.63, 3.8) is 0 Å². The number of hydrogen-bond acceptors (Lipinski definition) is 1. The molecule has 2 rings (SSSR count). The molecule has 1 aliphatic carbocycles. The second kappa shape index (κ2) is 10.3. The zero-order valence-corrected chi connectivity index (χ0v) is 11.9. The molecule has 1 aromatic carbocycles. The fourth-order valence-corrected chi connectivity index (χ4v) is 1.22. The Bertz CT molecular complexity index is 404. The topological polar surface area (TPSA) is 12.4 Å². The normalized spacial score (nSPS) is 12.0. The van der Waals surface area contributed by atoms with Crippen molar-refractivity contribution in [3.05, 3.63) is 66.8 Å². The molecule has 0 unspecified atom stereocenters. The quantitative estimate of drug-likeness (QED) is 0.616. The van der Waals surface area contributed by atoms with E-state index in [1.165, 1.54) is 0 Å². The van der Waals surface area contributed by atoms with Gasteiger partial charge in [-0.25, -0.2) is 4.99 Å². The maximum Gasteiger partial charge on any atom is 0.0637 e. The standard InChI is InChI=1S/C13H11N.2C2H6/c1-11-7-9-13(10-8-11)14-12-5-3-2-4-6-12;2*1-2/h2-10H,1H2;2*1-2H3. The number of aliphatic imine (C=N–C) groups is 1. The molecule has 1 aromatic rings. The van der Waals surface area contributed by atoms with Crippen LogP contribution < -0.4 is 0 Å². The largest absolute Gasteiger partial charge is 0.249 e. The van der Waals surface area contributed by atoms with Gasteiger partial charge in [0.05, 0.1) is 11.4 Å². The molecule has 0 radical (unpaired) electrons. The predicted octanol–water partition coefficient (Wildman–Crippen LogP) is 5.49. The van der Waals surface area contributed by atoms with Crippen LogP contribution in [0.3, 0.4) is 0 Å². The third kappa shape index (κ3) is 6.00. The van der Waals surface area contributed by atoms with Gasteiger partial charge in [0.1, 0.15) is 0 Å². The van der Waals surface area contributed by atoms with Crippen LogP contribution in [0.2, 0.25) is 0 Å². The van der Waals surface area contributed by atoms with Crippen molar-refractivity contribution in [2.45, 2.75) is 27.7 Å². The Balaban J connectivity index is 0.000000659. The summed E-state index contributed by atoms with van der Waals surface area (Å²) in [7, 11) is 0. The molecule has 0 amide bonds. The minimum absolute atomic E-state index is 0.962. The van der Waals surface area contributed by atoms with Crippen molar-refractivity contribution in [2.24, 2.45) is 4.99 Å². The van der Waals surface area contributed by atoms with E-state index in [1.807, 2.05) is 82.3 Å². The molecule has 1 nitrogen and oxygen atoms in total. The van der Waals surface area contributed by atoms with Crippen LogP contribution in [0, 0.1) is 0 Å². The van der Waals surface area contributed by atoms with E-state index >= 15 is 0 Å². The van der Waals surface area contributed by atoms with Gasteiger partial charge in [0, 0.05) is 0 Å². The van der Waals surface area contributed by atoms with Crippen molar-refractivity contribution in [1.82, 2.24) is 0 Å². The minimum atomic E-state index is 0.962. The van der Waals surface area contributed by atoms with Gasteiger partial charge in [-0.1, -0.05) is 64.6 Å². The molecule has 18 heavy (non-hydrogen) atoms. The highest BCUT2D eigenvalue weighted by Crippen LogP contribution is 2.13. The average molecular weight is 241 g/mol. The van der Waals surface area contributed by atoms with Crippen LogP contribution in [-0.2, 0) is 0 Å². The maximum absolute atomic E-state index is 4.45. The Kier molecular flexibility index (Phi) is 9.20. The van der Waals surface area contributed by atoms with Crippen LogP contribution >= 0.6 is 0 Å². The molecule has 0 N–H and O–H groups in total. The van der Waals surface area contributed by atoms with E-state index in [9.17, 15) is 0 Å². The lowest BCUT2D eigenvalue weighted by atomic mass is 10.1. The van der Waals surface area contributed by atoms with Gasteiger partial charge in [0.25, 0.3) is 0 Å². The molecule has 0 aliphatic heterocycles. The molecule has 0 spiro atoms. The molecule has 1 heteroatoms. The summed E-state index contributed by atoms with van der Waals surface area (Å²) in [6.07, 6.45) is 7.86. The molecular weight excluding hydrogens is 218 g/mol. The average Bonchev–Trinajstić information content (AvgIpc) is 2.47. The first-order chi connectivity index (χ1) is 8.84. The second-order valence-corrected chi connectivity index (χ2v) is 3.11. The molecule has 0 heterocycles. The lowest BCUT2D eigenvalue weighted by molar-refractivity contribution is 1.50. The SMILES string of the molecule is C=C1C=CC(=Nc2ccccc2)C=C1.CC.CC. The molecule has 0 atom stereocenters. The third-order valence-corrected chi connectivity index (χ3v) is 1.95. The molecule has 0 saturated heterocycles. The molecule has 0 fully saturated rings. The highest BCUT2D eigenvalue weighted by molar-refractivity contribution is 6.07. The van der Waals surface area contributed by atoms with Crippen molar-refractivity contribution < 1.29 is 0 Å².